The highest BCUT2D eigenvalue weighted by Gasteiger charge is 2.18. The van der Waals surface area contributed by atoms with E-state index in [-0.39, 0.29) is 5.56 Å². The van der Waals surface area contributed by atoms with Crippen molar-refractivity contribution in [1.82, 2.24) is 34.3 Å². The topological polar surface area (TPSA) is 104 Å². The van der Waals surface area contributed by atoms with Crippen LogP contribution >= 0.6 is 23.1 Å². The van der Waals surface area contributed by atoms with Gasteiger partial charge in [-0.05, 0) is 26.0 Å². The molecule has 0 saturated heterocycles. The van der Waals surface area contributed by atoms with Crippen LogP contribution in [0.15, 0.2) is 38.7 Å². The molecule has 1 aromatic carbocycles. The predicted octanol–water partition coefficient (Wildman–Crippen LogP) is 3.00. The van der Waals surface area contributed by atoms with Crippen LogP contribution in [0, 0.1) is 13.8 Å². The Bertz CT molecular complexity index is 1430. The Morgan fingerprint density at radius 1 is 1.14 bits per heavy atom. The Balaban J connectivity index is 1.49. The summed E-state index contributed by atoms with van der Waals surface area (Å²) in [6.45, 7) is 3.87. The molecule has 0 aliphatic heterocycles. The molecule has 0 spiro atoms. The van der Waals surface area contributed by atoms with Crippen LogP contribution in [0.3, 0.4) is 0 Å². The molecular weight excluding hydrogens is 410 g/mol. The summed E-state index contributed by atoms with van der Waals surface area (Å²) in [5, 5.41) is 18.8. The highest BCUT2D eigenvalue weighted by molar-refractivity contribution is 7.98. The van der Waals surface area contributed by atoms with Crippen molar-refractivity contribution in [2.45, 2.75) is 24.8 Å². The number of benzene rings is 1. The van der Waals surface area contributed by atoms with Gasteiger partial charge in [-0.2, -0.15) is 0 Å². The maximum atomic E-state index is 12.5. The average Bonchev–Trinajstić information content (AvgIpc) is 3.42. The number of nitrogens with zero attached hydrogens (tertiary/aromatic N) is 7. The highest BCUT2D eigenvalue weighted by Crippen LogP contribution is 2.31. The number of fused-ring (bicyclic) bond motifs is 3. The van der Waals surface area contributed by atoms with Gasteiger partial charge in [0.05, 0.1) is 27.4 Å². The number of hydrogen-bond acceptors (Lipinski definition) is 9. The first-order valence-corrected chi connectivity index (χ1v) is 10.6. The minimum atomic E-state index is -0.100. The maximum absolute atomic E-state index is 12.5. The van der Waals surface area contributed by atoms with E-state index >= 15 is 0 Å². The summed E-state index contributed by atoms with van der Waals surface area (Å²) >= 11 is 2.90. The van der Waals surface area contributed by atoms with Crippen molar-refractivity contribution in [1.29, 1.82) is 0 Å². The van der Waals surface area contributed by atoms with Gasteiger partial charge < -0.3 is 4.42 Å². The Morgan fingerprint density at radius 2 is 1.97 bits per heavy atom. The van der Waals surface area contributed by atoms with Crippen LogP contribution in [0.1, 0.15) is 16.5 Å². The standard InChI is InChI=1S/C18H15N7O2S2/c1-9-14(29-10(2)19-9)15-21-23-18(27-15)28-8-13-20-22-17-24(3)16(26)11-6-4-5-7-12(11)25(13)17/h4-7H,8H2,1-3H3. The average molecular weight is 425 g/mol. The van der Waals surface area contributed by atoms with Gasteiger partial charge in [-0.25, -0.2) is 4.98 Å². The summed E-state index contributed by atoms with van der Waals surface area (Å²) in [5.74, 6) is 2.12. The van der Waals surface area contributed by atoms with Crippen molar-refractivity contribution >= 4 is 39.8 Å². The fourth-order valence-electron chi connectivity index (χ4n) is 3.20. The van der Waals surface area contributed by atoms with E-state index in [4.69, 9.17) is 4.42 Å². The van der Waals surface area contributed by atoms with E-state index < -0.39 is 0 Å². The lowest BCUT2D eigenvalue weighted by atomic mass is 10.2. The lowest BCUT2D eigenvalue weighted by Crippen LogP contribution is -2.20. The molecule has 0 N–H and O–H groups in total. The monoisotopic (exact) mass is 425 g/mol. The third-order valence-corrected chi connectivity index (χ3v) is 6.40. The van der Waals surface area contributed by atoms with E-state index in [1.807, 2.05) is 36.4 Å². The molecule has 0 amide bonds. The summed E-state index contributed by atoms with van der Waals surface area (Å²) in [5.41, 5.74) is 1.55. The van der Waals surface area contributed by atoms with Crippen LogP contribution in [0.25, 0.3) is 27.4 Å². The smallest absolute Gasteiger partial charge is 0.277 e. The molecule has 0 aliphatic rings. The SMILES string of the molecule is Cc1nc(C)c(-c2nnc(SCc3nnc4n(C)c(=O)c5ccccc5n34)o2)s1. The second-order valence-electron chi connectivity index (χ2n) is 6.44. The molecule has 146 valence electrons. The Labute approximate surface area is 172 Å². The van der Waals surface area contributed by atoms with Crippen LogP contribution in [0.5, 0.6) is 0 Å². The summed E-state index contributed by atoms with van der Waals surface area (Å²) < 4.78 is 9.19. The third kappa shape index (κ3) is 2.93. The number of hydrogen-bond donors (Lipinski definition) is 0. The molecule has 4 aromatic heterocycles. The first-order valence-electron chi connectivity index (χ1n) is 8.75. The lowest BCUT2D eigenvalue weighted by molar-refractivity contribution is 0.466. The van der Waals surface area contributed by atoms with Gasteiger partial charge in [-0.1, -0.05) is 23.9 Å². The summed E-state index contributed by atoms with van der Waals surface area (Å²) in [6.07, 6.45) is 0. The van der Waals surface area contributed by atoms with Gasteiger partial charge in [-0.15, -0.1) is 31.7 Å². The van der Waals surface area contributed by atoms with E-state index in [2.05, 4.69) is 25.4 Å². The molecule has 0 radical (unpaired) electrons. The largest absolute Gasteiger partial charge is 0.410 e. The number of rotatable bonds is 4. The molecule has 9 nitrogen and oxygen atoms in total. The van der Waals surface area contributed by atoms with Gasteiger partial charge in [0.1, 0.15) is 10.7 Å². The number of aryl methyl sites for hydroxylation is 3. The Hall–Kier alpha value is -3.05. The molecule has 0 fully saturated rings. The van der Waals surface area contributed by atoms with Gasteiger partial charge in [-0.3, -0.25) is 13.8 Å². The van der Waals surface area contributed by atoms with Crippen LogP contribution in [0.2, 0.25) is 0 Å². The van der Waals surface area contributed by atoms with E-state index in [0.717, 1.165) is 21.1 Å². The van der Waals surface area contributed by atoms with Crippen LogP contribution in [-0.4, -0.2) is 34.3 Å². The zero-order chi connectivity index (χ0) is 20.1. The number of thioether (sulfide) groups is 1. The molecular formula is C18H15N7O2S2. The normalized spacial score (nSPS) is 11.7. The maximum Gasteiger partial charge on any atom is 0.277 e. The fraction of sp³-hybridized carbons (Fsp3) is 0.222. The van der Waals surface area contributed by atoms with Crippen molar-refractivity contribution in [3.63, 3.8) is 0 Å². The molecule has 4 heterocycles. The first-order chi connectivity index (χ1) is 14.0. The van der Waals surface area contributed by atoms with Gasteiger partial charge in [0.2, 0.25) is 5.78 Å². The molecule has 0 aliphatic carbocycles. The minimum Gasteiger partial charge on any atom is -0.410 e. The van der Waals surface area contributed by atoms with Crippen molar-refractivity contribution in [3.8, 4) is 10.8 Å². The van der Waals surface area contributed by atoms with Crippen molar-refractivity contribution in [2.24, 2.45) is 7.05 Å². The van der Waals surface area contributed by atoms with E-state index in [0.29, 0.717) is 33.9 Å². The molecule has 5 aromatic rings. The second kappa shape index (κ2) is 6.78. The first kappa shape index (κ1) is 18.0. The number of aromatic nitrogens is 7. The molecule has 0 atom stereocenters. The Morgan fingerprint density at radius 3 is 2.76 bits per heavy atom. The van der Waals surface area contributed by atoms with Crippen LogP contribution in [-0.2, 0) is 12.8 Å². The lowest BCUT2D eigenvalue weighted by Gasteiger charge is -2.07. The zero-order valence-corrected chi connectivity index (χ0v) is 17.4. The second-order valence-corrected chi connectivity index (χ2v) is 8.57. The summed E-state index contributed by atoms with van der Waals surface area (Å²) in [7, 11) is 1.69. The number of thiazole rings is 1. The molecule has 0 unspecified atom stereocenters. The van der Waals surface area contributed by atoms with Gasteiger partial charge >= 0.3 is 0 Å². The predicted molar refractivity (Wildman–Crippen MR) is 110 cm³/mol. The van der Waals surface area contributed by atoms with E-state index in [9.17, 15) is 4.79 Å². The summed E-state index contributed by atoms with van der Waals surface area (Å²) in [6, 6.07) is 7.43. The van der Waals surface area contributed by atoms with Gasteiger partial charge in [0.25, 0.3) is 16.7 Å². The third-order valence-electron chi connectivity index (χ3n) is 4.52. The van der Waals surface area contributed by atoms with Crippen molar-refractivity contribution < 1.29 is 4.42 Å². The molecule has 5 rings (SSSR count). The molecule has 0 bridgehead atoms. The van der Waals surface area contributed by atoms with Gasteiger partial charge in [0.15, 0.2) is 0 Å². The van der Waals surface area contributed by atoms with Gasteiger partial charge in [0, 0.05) is 7.05 Å². The quantitative estimate of drug-likeness (QED) is 0.405. The van der Waals surface area contributed by atoms with Crippen molar-refractivity contribution in [2.75, 3.05) is 0 Å². The zero-order valence-electron chi connectivity index (χ0n) is 15.8. The molecule has 0 saturated carbocycles. The molecule has 11 heteroatoms. The highest BCUT2D eigenvalue weighted by atomic mass is 32.2. The van der Waals surface area contributed by atoms with E-state index in [1.165, 1.54) is 27.7 Å². The van der Waals surface area contributed by atoms with Crippen LogP contribution in [0.4, 0.5) is 0 Å². The van der Waals surface area contributed by atoms with Crippen LogP contribution < -0.4 is 5.56 Å². The minimum absolute atomic E-state index is 0.100. The Kier molecular flexibility index (Phi) is 4.21. The summed E-state index contributed by atoms with van der Waals surface area (Å²) in [4.78, 5) is 17.8. The van der Waals surface area contributed by atoms with Crippen molar-refractivity contribution in [3.05, 3.63) is 51.1 Å². The molecule has 29 heavy (non-hydrogen) atoms. The number of para-hydroxylation sites is 1. The van der Waals surface area contributed by atoms with E-state index in [1.54, 1.807) is 13.1 Å². The fourth-order valence-corrected chi connectivity index (χ4v) is 4.72.